The molecule has 108 valence electrons. The van der Waals surface area contributed by atoms with E-state index in [9.17, 15) is 0 Å². The third-order valence-corrected chi connectivity index (χ3v) is 2.42. The number of hydrogen-bond acceptors (Lipinski definition) is 5. The molecule has 0 saturated heterocycles. The Morgan fingerprint density at radius 1 is 1.53 bits per heavy atom. The average molecular weight is 269 g/mol. The van der Waals surface area contributed by atoms with Gasteiger partial charge in [0.15, 0.2) is 0 Å². The quantitative estimate of drug-likeness (QED) is 0.210. The summed E-state index contributed by atoms with van der Waals surface area (Å²) in [5.74, 6) is 7.35. The number of rotatable bonds is 8. The molecule has 0 fully saturated rings. The molecule has 0 spiro atoms. The van der Waals surface area contributed by atoms with Gasteiger partial charge in [0.2, 0.25) is 11.9 Å². The predicted molar refractivity (Wildman–Crippen MR) is 73.5 cm³/mol. The summed E-state index contributed by atoms with van der Waals surface area (Å²) in [7, 11) is 0. The molecule has 0 radical (unpaired) electrons. The van der Waals surface area contributed by atoms with Gasteiger partial charge in [-0.1, -0.05) is 6.92 Å². The first kappa shape index (κ1) is 15.5. The van der Waals surface area contributed by atoms with Gasteiger partial charge in [0.1, 0.15) is 12.3 Å². The number of aromatic nitrogens is 1. The summed E-state index contributed by atoms with van der Waals surface area (Å²) in [6.45, 7) is 6.55. The molecule has 7 nitrogen and oxygen atoms in total. The number of hydrogen-bond donors (Lipinski definition) is 3. The highest BCUT2D eigenvalue weighted by Crippen LogP contribution is 2.04. The standard InChI is InChI=1S/C12H23N5O2/c1-3-10-8-15-11(19-10)9-16-12(17-13)14-6-5-7-18-4-2/h8H,3-7,9,13H2,1-2H3,(H2,14,16,17). The number of aliphatic imine (C=N–C) groups is 1. The Labute approximate surface area is 113 Å². The van der Waals surface area contributed by atoms with E-state index in [-0.39, 0.29) is 0 Å². The van der Waals surface area contributed by atoms with Crippen molar-refractivity contribution in [3.05, 3.63) is 17.8 Å². The topological polar surface area (TPSA) is 97.7 Å². The van der Waals surface area contributed by atoms with E-state index in [1.54, 1.807) is 6.20 Å². The van der Waals surface area contributed by atoms with Crippen LogP contribution in [0.2, 0.25) is 0 Å². The van der Waals surface area contributed by atoms with Crippen molar-refractivity contribution in [3.8, 4) is 0 Å². The Hall–Kier alpha value is -1.60. The van der Waals surface area contributed by atoms with E-state index in [4.69, 9.17) is 15.0 Å². The van der Waals surface area contributed by atoms with E-state index in [1.807, 2.05) is 13.8 Å². The zero-order valence-electron chi connectivity index (χ0n) is 11.6. The molecule has 0 aliphatic rings. The zero-order valence-corrected chi connectivity index (χ0v) is 11.6. The second-order valence-electron chi connectivity index (χ2n) is 3.86. The monoisotopic (exact) mass is 269 g/mol. The summed E-state index contributed by atoms with van der Waals surface area (Å²) in [5, 5.41) is 3.08. The highest BCUT2D eigenvalue weighted by Gasteiger charge is 2.02. The Kier molecular flexibility index (Phi) is 7.60. The SMILES string of the molecule is CCOCCCNC(=NCc1ncc(CC)o1)NN. The number of nitrogens with zero attached hydrogens (tertiary/aromatic N) is 2. The summed E-state index contributed by atoms with van der Waals surface area (Å²) in [4.78, 5) is 8.37. The van der Waals surface area contributed by atoms with Gasteiger partial charge < -0.3 is 14.5 Å². The number of guanidine groups is 1. The van der Waals surface area contributed by atoms with E-state index in [0.717, 1.165) is 38.4 Å². The molecule has 0 saturated carbocycles. The fraction of sp³-hybridized carbons (Fsp3) is 0.667. The normalized spacial score (nSPS) is 11.6. The van der Waals surface area contributed by atoms with Crippen molar-refractivity contribution in [2.24, 2.45) is 10.8 Å². The average Bonchev–Trinajstić information content (AvgIpc) is 2.90. The van der Waals surface area contributed by atoms with Crippen LogP contribution in [0, 0.1) is 0 Å². The number of hydrazine groups is 1. The highest BCUT2D eigenvalue weighted by molar-refractivity contribution is 5.79. The van der Waals surface area contributed by atoms with Crippen LogP contribution >= 0.6 is 0 Å². The van der Waals surface area contributed by atoms with Gasteiger partial charge in [0, 0.05) is 26.2 Å². The van der Waals surface area contributed by atoms with Gasteiger partial charge >= 0.3 is 0 Å². The lowest BCUT2D eigenvalue weighted by Crippen LogP contribution is -2.42. The fourth-order valence-electron chi connectivity index (χ4n) is 1.41. The molecule has 7 heteroatoms. The van der Waals surface area contributed by atoms with Crippen LogP contribution in [0.4, 0.5) is 0 Å². The largest absolute Gasteiger partial charge is 0.444 e. The molecular weight excluding hydrogens is 246 g/mol. The van der Waals surface area contributed by atoms with Gasteiger partial charge in [-0.15, -0.1) is 0 Å². The molecule has 4 N–H and O–H groups in total. The van der Waals surface area contributed by atoms with Crippen molar-refractivity contribution in [2.45, 2.75) is 33.2 Å². The summed E-state index contributed by atoms with van der Waals surface area (Å²) < 4.78 is 10.7. The number of nitrogens with one attached hydrogen (secondary N) is 2. The summed E-state index contributed by atoms with van der Waals surface area (Å²) in [6.07, 6.45) is 3.44. The molecule has 0 atom stereocenters. The smallest absolute Gasteiger partial charge is 0.216 e. The molecule has 0 aliphatic carbocycles. The second-order valence-corrected chi connectivity index (χ2v) is 3.86. The molecule has 1 rings (SSSR count). The van der Waals surface area contributed by atoms with Crippen LogP contribution in [0.5, 0.6) is 0 Å². The van der Waals surface area contributed by atoms with Gasteiger partial charge in [0.25, 0.3) is 0 Å². The Balaban J connectivity index is 2.30. The summed E-state index contributed by atoms with van der Waals surface area (Å²) in [5.41, 5.74) is 2.51. The first-order valence-electron chi connectivity index (χ1n) is 6.56. The minimum atomic E-state index is 0.359. The predicted octanol–water partition coefficient (Wildman–Crippen LogP) is 0.573. The lowest BCUT2D eigenvalue weighted by molar-refractivity contribution is 0.145. The van der Waals surface area contributed by atoms with E-state index in [0.29, 0.717) is 18.4 Å². The third kappa shape index (κ3) is 6.21. The lowest BCUT2D eigenvalue weighted by Gasteiger charge is -2.08. The van der Waals surface area contributed by atoms with E-state index in [1.165, 1.54) is 0 Å². The van der Waals surface area contributed by atoms with Crippen LogP contribution in [0.3, 0.4) is 0 Å². The van der Waals surface area contributed by atoms with Crippen LogP contribution in [-0.2, 0) is 17.7 Å². The molecule has 0 bridgehead atoms. The number of nitrogens with two attached hydrogens (primary N) is 1. The van der Waals surface area contributed by atoms with E-state index in [2.05, 4.69) is 20.7 Å². The number of ether oxygens (including phenoxy) is 1. The third-order valence-electron chi connectivity index (χ3n) is 2.42. The van der Waals surface area contributed by atoms with Crippen LogP contribution < -0.4 is 16.6 Å². The van der Waals surface area contributed by atoms with Crippen molar-refractivity contribution in [1.29, 1.82) is 0 Å². The van der Waals surface area contributed by atoms with Gasteiger partial charge in [-0.25, -0.2) is 15.8 Å². The van der Waals surface area contributed by atoms with Crippen molar-refractivity contribution >= 4 is 5.96 Å². The zero-order chi connectivity index (χ0) is 13.9. The molecule has 19 heavy (non-hydrogen) atoms. The van der Waals surface area contributed by atoms with Crippen LogP contribution in [0.1, 0.15) is 31.9 Å². The molecular formula is C12H23N5O2. The maximum absolute atomic E-state index is 5.45. The molecule has 0 amide bonds. The first-order valence-corrected chi connectivity index (χ1v) is 6.56. The van der Waals surface area contributed by atoms with Crippen molar-refractivity contribution in [3.63, 3.8) is 0 Å². The second kappa shape index (κ2) is 9.35. The maximum atomic E-state index is 5.45. The van der Waals surface area contributed by atoms with Crippen molar-refractivity contribution < 1.29 is 9.15 Å². The minimum absolute atomic E-state index is 0.359. The summed E-state index contributed by atoms with van der Waals surface area (Å²) >= 11 is 0. The molecule has 0 aliphatic heterocycles. The molecule has 1 heterocycles. The molecule has 0 unspecified atom stereocenters. The van der Waals surface area contributed by atoms with Crippen molar-refractivity contribution in [1.82, 2.24) is 15.7 Å². The fourth-order valence-corrected chi connectivity index (χ4v) is 1.41. The Morgan fingerprint density at radius 3 is 3.00 bits per heavy atom. The number of aryl methyl sites for hydroxylation is 1. The molecule has 1 aromatic rings. The van der Waals surface area contributed by atoms with Gasteiger partial charge in [-0.3, -0.25) is 5.43 Å². The summed E-state index contributed by atoms with van der Waals surface area (Å²) in [6, 6.07) is 0. The minimum Gasteiger partial charge on any atom is -0.444 e. The van der Waals surface area contributed by atoms with Crippen LogP contribution in [-0.4, -0.2) is 30.7 Å². The van der Waals surface area contributed by atoms with E-state index >= 15 is 0 Å². The van der Waals surface area contributed by atoms with Crippen molar-refractivity contribution in [2.75, 3.05) is 19.8 Å². The first-order chi connectivity index (χ1) is 9.30. The van der Waals surface area contributed by atoms with Gasteiger partial charge in [0.05, 0.1) is 6.20 Å². The van der Waals surface area contributed by atoms with Gasteiger partial charge in [-0.05, 0) is 13.3 Å². The van der Waals surface area contributed by atoms with Crippen LogP contribution in [0.25, 0.3) is 0 Å². The Bertz CT molecular complexity index is 378. The maximum Gasteiger partial charge on any atom is 0.216 e. The van der Waals surface area contributed by atoms with Crippen LogP contribution in [0.15, 0.2) is 15.6 Å². The highest BCUT2D eigenvalue weighted by atomic mass is 16.5. The Morgan fingerprint density at radius 2 is 2.37 bits per heavy atom. The van der Waals surface area contributed by atoms with E-state index < -0.39 is 0 Å². The number of oxazole rings is 1. The molecule has 1 aromatic heterocycles. The molecule has 0 aromatic carbocycles. The van der Waals surface area contributed by atoms with Gasteiger partial charge in [-0.2, -0.15) is 0 Å². The lowest BCUT2D eigenvalue weighted by atomic mass is 10.4.